The monoisotopic (exact) mass is 384 g/mol. The van der Waals surface area contributed by atoms with Gasteiger partial charge in [0, 0.05) is 0 Å². The second-order valence-corrected chi connectivity index (χ2v) is 6.06. The van der Waals surface area contributed by atoms with Crippen molar-refractivity contribution in [2.45, 2.75) is 6.92 Å². The number of nitrogens with one attached hydrogen (secondary N) is 1. The Hall–Kier alpha value is -3.06. The van der Waals surface area contributed by atoms with Crippen LogP contribution < -0.4 is 24.4 Å². The molecule has 7 heteroatoms. The van der Waals surface area contributed by atoms with Gasteiger partial charge < -0.3 is 19.5 Å². The predicted octanol–water partition coefficient (Wildman–Crippen LogP) is 3.36. The standard InChI is InChI=1S/C20H20N2O4S/c1-4-26-15-8-6-14(7-9-15)22-19(23)16(21-20(22)27)11-13-5-10-17(24-2)18(12-13)25-3/h5-12H,4H2,1-3H3,(H,21,27)/b16-11+. The zero-order valence-corrected chi connectivity index (χ0v) is 16.1. The summed E-state index contributed by atoms with van der Waals surface area (Å²) in [6.07, 6.45) is 1.73. The van der Waals surface area contributed by atoms with E-state index >= 15 is 0 Å². The van der Waals surface area contributed by atoms with Gasteiger partial charge in [-0.05, 0) is 67.2 Å². The third-order valence-corrected chi connectivity index (χ3v) is 4.29. The lowest BCUT2D eigenvalue weighted by Gasteiger charge is -2.14. The summed E-state index contributed by atoms with van der Waals surface area (Å²) in [6, 6.07) is 12.6. The van der Waals surface area contributed by atoms with Crippen molar-refractivity contribution in [1.82, 2.24) is 5.32 Å². The summed E-state index contributed by atoms with van der Waals surface area (Å²) in [7, 11) is 3.14. The summed E-state index contributed by atoms with van der Waals surface area (Å²) in [5.74, 6) is 1.73. The number of nitrogens with zero attached hydrogens (tertiary/aromatic N) is 1. The molecule has 0 unspecified atom stereocenters. The molecule has 0 bridgehead atoms. The number of methoxy groups -OCH3 is 2. The molecule has 1 fully saturated rings. The molecule has 1 N–H and O–H groups in total. The van der Waals surface area contributed by atoms with E-state index in [1.54, 1.807) is 44.6 Å². The van der Waals surface area contributed by atoms with E-state index in [1.807, 2.05) is 25.1 Å². The average Bonchev–Trinajstić information content (AvgIpc) is 2.96. The number of ether oxygens (including phenoxy) is 3. The van der Waals surface area contributed by atoms with Crippen LogP contribution in [-0.2, 0) is 4.79 Å². The van der Waals surface area contributed by atoms with Gasteiger partial charge in [0.25, 0.3) is 5.91 Å². The van der Waals surface area contributed by atoms with Crippen molar-refractivity contribution < 1.29 is 19.0 Å². The lowest BCUT2D eigenvalue weighted by Crippen LogP contribution is -2.30. The molecule has 1 aliphatic rings. The summed E-state index contributed by atoms with van der Waals surface area (Å²) in [4.78, 5) is 14.3. The molecule has 1 heterocycles. The Bertz CT molecular complexity index is 893. The van der Waals surface area contributed by atoms with E-state index in [0.29, 0.717) is 34.6 Å². The van der Waals surface area contributed by atoms with E-state index in [2.05, 4.69) is 5.32 Å². The van der Waals surface area contributed by atoms with Crippen LogP contribution in [-0.4, -0.2) is 31.8 Å². The van der Waals surface area contributed by atoms with Gasteiger partial charge in [-0.3, -0.25) is 9.69 Å². The first-order valence-electron chi connectivity index (χ1n) is 8.39. The first-order chi connectivity index (χ1) is 13.1. The van der Waals surface area contributed by atoms with Gasteiger partial charge in [0.05, 0.1) is 26.5 Å². The highest BCUT2D eigenvalue weighted by Gasteiger charge is 2.32. The van der Waals surface area contributed by atoms with Gasteiger partial charge >= 0.3 is 0 Å². The van der Waals surface area contributed by atoms with Crippen molar-refractivity contribution in [2.24, 2.45) is 0 Å². The van der Waals surface area contributed by atoms with Gasteiger partial charge in [-0.1, -0.05) is 6.07 Å². The minimum Gasteiger partial charge on any atom is -0.494 e. The number of rotatable bonds is 6. The first kappa shape index (κ1) is 18.7. The smallest absolute Gasteiger partial charge is 0.281 e. The van der Waals surface area contributed by atoms with Crippen LogP contribution in [0, 0.1) is 0 Å². The summed E-state index contributed by atoms with van der Waals surface area (Å²) in [5, 5.41) is 3.30. The topological polar surface area (TPSA) is 60.0 Å². The normalized spacial score (nSPS) is 15.1. The number of amides is 1. The van der Waals surface area contributed by atoms with Crippen molar-refractivity contribution in [1.29, 1.82) is 0 Å². The lowest BCUT2D eigenvalue weighted by molar-refractivity contribution is -0.113. The fourth-order valence-electron chi connectivity index (χ4n) is 2.74. The van der Waals surface area contributed by atoms with Gasteiger partial charge in [0.2, 0.25) is 0 Å². The van der Waals surface area contributed by atoms with Crippen molar-refractivity contribution in [3.63, 3.8) is 0 Å². The van der Waals surface area contributed by atoms with Crippen LogP contribution in [0.1, 0.15) is 12.5 Å². The highest BCUT2D eigenvalue weighted by atomic mass is 32.1. The van der Waals surface area contributed by atoms with Gasteiger partial charge in [-0.25, -0.2) is 0 Å². The van der Waals surface area contributed by atoms with Crippen LogP contribution in [0.15, 0.2) is 48.2 Å². The van der Waals surface area contributed by atoms with Crippen LogP contribution in [0.25, 0.3) is 6.08 Å². The summed E-state index contributed by atoms with van der Waals surface area (Å²) < 4.78 is 16.0. The van der Waals surface area contributed by atoms with Crippen LogP contribution in [0.2, 0.25) is 0 Å². The Kier molecular flexibility index (Phi) is 5.61. The highest BCUT2D eigenvalue weighted by Crippen LogP contribution is 2.29. The highest BCUT2D eigenvalue weighted by molar-refractivity contribution is 7.80. The van der Waals surface area contributed by atoms with E-state index in [1.165, 1.54) is 4.90 Å². The Morgan fingerprint density at radius 1 is 1.07 bits per heavy atom. The molecule has 0 aromatic heterocycles. The Morgan fingerprint density at radius 2 is 1.78 bits per heavy atom. The molecule has 0 aliphatic carbocycles. The molecule has 2 aromatic carbocycles. The number of benzene rings is 2. The number of carbonyl (C=O) groups excluding carboxylic acids is 1. The third-order valence-electron chi connectivity index (χ3n) is 4.00. The van der Waals surface area contributed by atoms with Crippen molar-refractivity contribution in [3.05, 3.63) is 53.7 Å². The van der Waals surface area contributed by atoms with Crippen molar-refractivity contribution >= 4 is 35.0 Å². The Labute approximate surface area is 163 Å². The van der Waals surface area contributed by atoms with Crippen LogP contribution in [0.5, 0.6) is 17.2 Å². The SMILES string of the molecule is CCOc1ccc(N2C(=O)/C(=C\c3ccc(OC)c(OC)c3)NC2=S)cc1. The zero-order valence-electron chi connectivity index (χ0n) is 15.3. The average molecular weight is 384 g/mol. The fourth-order valence-corrected chi connectivity index (χ4v) is 3.04. The minimum absolute atomic E-state index is 0.223. The molecule has 140 valence electrons. The third kappa shape index (κ3) is 3.88. The Morgan fingerprint density at radius 3 is 2.41 bits per heavy atom. The molecule has 1 amide bonds. The molecule has 1 aliphatic heterocycles. The van der Waals surface area contributed by atoms with E-state index in [9.17, 15) is 4.79 Å². The van der Waals surface area contributed by atoms with E-state index < -0.39 is 0 Å². The molecule has 0 atom stereocenters. The maximum atomic E-state index is 12.8. The number of hydrogen-bond donors (Lipinski definition) is 1. The quantitative estimate of drug-likeness (QED) is 0.609. The van der Waals surface area contributed by atoms with E-state index in [0.717, 1.165) is 11.3 Å². The second kappa shape index (κ2) is 8.09. The van der Waals surface area contributed by atoms with Crippen LogP contribution >= 0.6 is 12.2 Å². The lowest BCUT2D eigenvalue weighted by atomic mass is 10.1. The molecule has 6 nitrogen and oxygen atoms in total. The zero-order chi connectivity index (χ0) is 19.4. The maximum absolute atomic E-state index is 12.8. The first-order valence-corrected chi connectivity index (χ1v) is 8.80. The van der Waals surface area contributed by atoms with Crippen molar-refractivity contribution in [2.75, 3.05) is 25.7 Å². The molecule has 27 heavy (non-hydrogen) atoms. The molecule has 3 rings (SSSR count). The molecule has 2 aromatic rings. The molecule has 0 radical (unpaired) electrons. The van der Waals surface area contributed by atoms with Gasteiger partial charge in [0.15, 0.2) is 16.6 Å². The second-order valence-electron chi connectivity index (χ2n) is 5.67. The van der Waals surface area contributed by atoms with Gasteiger partial charge in [-0.2, -0.15) is 0 Å². The summed E-state index contributed by atoms with van der Waals surface area (Å²) in [5.41, 5.74) is 1.86. The summed E-state index contributed by atoms with van der Waals surface area (Å²) in [6.45, 7) is 2.50. The predicted molar refractivity (Wildman–Crippen MR) is 108 cm³/mol. The fraction of sp³-hybridized carbons (Fsp3) is 0.200. The number of hydrogen-bond acceptors (Lipinski definition) is 5. The van der Waals surface area contributed by atoms with Gasteiger partial charge in [0.1, 0.15) is 11.4 Å². The van der Waals surface area contributed by atoms with Crippen LogP contribution in [0.4, 0.5) is 5.69 Å². The largest absolute Gasteiger partial charge is 0.494 e. The minimum atomic E-state index is -0.223. The summed E-state index contributed by atoms with van der Waals surface area (Å²) >= 11 is 5.34. The Balaban J connectivity index is 1.86. The molecular weight excluding hydrogens is 364 g/mol. The van der Waals surface area contributed by atoms with E-state index in [-0.39, 0.29) is 5.91 Å². The molecule has 1 saturated heterocycles. The van der Waals surface area contributed by atoms with Crippen molar-refractivity contribution in [3.8, 4) is 17.2 Å². The molecule has 0 spiro atoms. The maximum Gasteiger partial charge on any atom is 0.281 e. The van der Waals surface area contributed by atoms with Gasteiger partial charge in [-0.15, -0.1) is 0 Å². The molecule has 0 saturated carbocycles. The van der Waals surface area contributed by atoms with E-state index in [4.69, 9.17) is 26.4 Å². The number of thiocarbonyl (C=S) groups is 1. The van der Waals surface area contributed by atoms with Crippen LogP contribution in [0.3, 0.4) is 0 Å². The number of anilines is 1. The molecular formula is C20H20N2O4S. The number of carbonyl (C=O) groups is 1.